The summed E-state index contributed by atoms with van der Waals surface area (Å²) in [6.07, 6.45) is 0. The van der Waals surface area contributed by atoms with Gasteiger partial charge in [0.05, 0.1) is 0 Å². The molecule has 0 saturated heterocycles. The summed E-state index contributed by atoms with van der Waals surface area (Å²) in [5, 5.41) is 0. The van der Waals surface area contributed by atoms with Crippen LogP contribution in [0.1, 0.15) is 4.28 Å². The van der Waals surface area contributed by atoms with Crippen molar-refractivity contribution in [2.45, 2.75) is 0 Å². The van der Waals surface area contributed by atoms with E-state index in [4.69, 9.17) is 0 Å². The Morgan fingerprint density at radius 2 is 1.50 bits per heavy atom. The first-order valence-corrected chi connectivity index (χ1v) is 1.73. The maximum Gasteiger partial charge on any atom is 2.00 e. The summed E-state index contributed by atoms with van der Waals surface area (Å²) in [4.78, 5) is 0. The van der Waals surface area contributed by atoms with Gasteiger partial charge in [-0.3, -0.25) is 0 Å². The van der Waals surface area contributed by atoms with E-state index in [1.165, 1.54) is 0 Å². The molecular weight excluding hydrogens is 102 g/mol. The molecule has 0 aliphatic carbocycles. The summed E-state index contributed by atoms with van der Waals surface area (Å²) in [5.41, 5.74) is 0. The largest absolute Gasteiger partial charge is 2.00 e. The van der Waals surface area contributed by atoms with Crippen molar-refractivity contribution in [3.63, 3.8) is 0 Å². The second kappa shape index (κ2) is 17.7. The Labute approximate surface area is 87.6 Å². The Morgan fingerprint density at radius 3 is 1.50 bits per heavy atom. The molecule has 0 aromatic rings. The molecule has 0 aromatic heterocycles. The fourth-order valence-electron chi connectivity index (χ4n) is 0. The van der Waals surface area contributed by atoms with Crippen LogP contribution in [0.3, 0.4) is 0 Å². The zero-order valence-corrected chi connectivity index (χ0v) is 9.49. The van der Waals surface area contributed by atoms with Gasteiger partial charge < -0.3 is 4.28 Å². The first-order chi connectivity index (χ1) is 1.00. The number of hydrogen-bond acceptors (Lipinski definition) is 0. The average molecular weight is 108 g/mol. The quantitative estimate of drug-likeness (QED) is 0.274. The van der Waals surface area contributed by atoms with Gasteiger partial charge in [0.25, 0.3) is 0 Å². The van der Waals surface area contributed by atoms with Crippen molar-refractivity contribution in [1.29, 1.82) is 0 Å². The molecule has 0 bridgehead atoms. The third-order valence-electron chi connectivity index (χ3n) is 0. The van der Waals surface area contributed by atoms with Gasteiger partial charge in [-0.1, -0.05) is 0 Å². The molecule has 0 unspecified atom stereocenters. The van der Waals surface area contributed by atoms with Crippen LogP contribution in [0.5, 0.6) is 0 Å². The van der Waals surface area contributed by atoms with Crippen LogP contribution in [-0.2, 0) is 0 Å². The predicted molar refractivity (Wildman–Crippen MR) is 24.8 cm³/mol. The molecule has 4 heteroatoms. The van der Waals surface area contributed by atoms with Crippen molar-refractivity contribution in [2.75, 3.05) is 0 Å². The average Bonchev–Trinajstić information content (AvgIpc) is 1.00. The normalized spacial score (nSPS) is 2.00. The van der Waals surface area contributed by atoms with Gasteiger partial charge >= 0.3 is 67.3 Å². The summed E-state index contributed by atoms with van der Waals surface area (Å²) in [5.74, 6) is 0. The second-order valence-corrected chi connectivity index (χ2v) is 0. The van der Waals surface area contributed by atoms with Gasteiger partial charge in [-0.05, 0) is 10.1 Å². The van der Waals surface area contributed by atoms with Crippen molar-refractivity contribution >= 4 is 55.3 Å². The van der Waals surface area contributed by atoms with Crippen LogP contribution in [0.2, 0.25) is 0 Å². The van der Waals surface area contributed by atoms with E-state index in [-0.39, 0.29) is 71.6 Å². The fourth-order valence-corrected chi connectivity index (χ4v) is 0. The molecule has 4 heavy (non-hydrogen) atoms. The van der Waals surface area contributed by atoms with Crippen LogP contribution in [0.15, 0.2) is 0 Å². The van der Waals surface area contributed by atoms with Gasteiger partial charge in [-0.15, -0.1) is 0 Å². The SMILES string of the molecule is [B][SiH3].[Ca+2].[H-].[H-].[H-].[Na+]. The van der Waals surface area contributed by atoms with Crippen LogP contribution in [0.4, 0.5) is 0 Å². The van der Waals surface area contributed by atoms with E-state index in [1.807, 2.05) is 0 Å². The minimum atomic E-state index is 0. The summed E-state index contributed by atoms with van der Waals surface area (Å²) < 4.78 is 0. The fraction of sp³-hybridized carbons (Fsp3) is 0. The minimum Gasteiger partial charge on any atom is -1.00 e. The molecule has 0 spiro atoms. The maximum atomic E-state index is 4.64. The molecule has 0 nitrogen and oxygen atoms in total. The van der Waals surface area contributed by atoms with Gasteiger partial charge in [0.1, 0.15) is 0 Å². The Bertz CT molecular complexity index is 14.9. The molecule has 0 fully saturated rings. The van der Waals surface area contributed by atoms with Crippen molar-refractivity contribution in [3.8, 4) is 0 Å². The molecule has 0 aliphatic heterocycles. The van der Waals surface area contributed by atoms with E-state index in [9.17, 15) is 0 Å². The van der Waals surface area contributed by atoms with E-state index in [2.05, 4.69) is 7.44 Å². The van der Waals surface area contributed by atoms with Gasteiger partial charge in [0.2, 0.25) is 0 Å². The van der Waals surface area contributed by atoms with Crippen molar-refractivity contribution < 1.29 is 33.8 Å². The van der Waals surface area contributed by atoms with E-state index in [1.54, 1.807) is 0 Å². The van der Waals surface area contributed by atoms with Crippen LogP contribution >= 0.6 is 0 Å². The second-order valence-electron chi connectivity index (χ2n) is 0. The Hall–Kier alpha value is 2.54. The molecule has 0 amide bonds. The van der Waals surface area contributed by atoms with E-state index in [0.717, 1.165) is 10.1 Å². The molecule has 2 radical (unpaired) electrons. The van der Waals surface area contributed by atoms with Crippen molar-refractivity contribution in [2.24, 2.45) is 0 Å². The van der Waals surface area contributed by atoms with Crippen LogP contribution < -0.4 is 29.6 Å². The third-order valence-corrected chi connectivity index (χ3v) is 0. The zero-order valence-electron chi connectivity index (χ0n) is 6.28. The van der Waals surface area contributed by atoms with Crippen molar-refractivity contribution in [1.82, 2.24) is 0 Å². The smallest absolute Gasteiger partial charge is 1.00 e. The van der Waals surface area contributed by atoms with Gasteiger partial charge in [0.15, 0.2) is 0 Å². The Morgan fingerprint density at radius 1 is 1.50 bits per heavy atom. The molecular formula is H6BCaNaSi. The number of rotatable bonds is 0. The van der Waals surface area contributed by atoms with E-state index < -0.39 is 0 Å². The molecule has 0 aromatic carbocycles. The monoisotopic (exact) mass is 108 g/mol. The van der Waals surface area contributed by atoms with Crippen molar-refractivity contribution in [3.05, 3.63) is 0 Å². The summed E-state index contributed by atoms with van der Waals surface area (Å²) in [6, 6.07) is 0. The summed E-state index contributed by atoms with van der Waals surface area (Å²) in [6.45, 7) is 0. The summed E-state index contributed by atoms with van der Waals surface area (Å²) >= 11 is 0. The first-order valence-electron chi connectivity index (χ1n) is 0.577. The molecule has 0 saturated carbocycles. The third kappa shape index (κ3) is 8.82. The molecule has 0 heterocycles. The molecule has 0 atom stereocenters. The van der Waals surface area contributed by atoms with Gasteiger partial charge in [-0.25, -0.2) is 0 Å². The molecule has 0 N–H and O–H groups in total. The van der Waals surface area contributed by atoms with Crippen LogP contribution in [-0.4, -0.2) is 55.3 Å². The standard InChI is InChI=1S/BH3Si.Ca.Na.3H/c1-2;;;;;/h2H3;;;;;/q;+2;+1;3*-1. The van der Waals surface area contributed by atoms with Crippen LogP contribution in [0.25, 0.3) is 0 Å². The summed E-state index contributed by atoms with van der Waals surface area (Å²) in [7, 11) is 5.44. The van der Waals surface area contributed by atoms with Gasteiger partial charge in [-0.2, -0.15) is 0 Å². The van der Waals surface area contributed by atoms with E-state index in [0.29, 0.717) is 0 Å². The topological polar surface area (TPSA) is 0 Å². The first kappa shape index (κ1) is 16.0. The Balaban J connectivity index is -0.000000000500. The molecule has 16 valence electrons. The van der Waals surface area contributed by atoms with Gasteiger partial charge in [0, 0.05) is 7.44 Å². The molecule has 0 rings (SSSR count). The minimum absolute atomic E-state index is 0. The Kier molecular flexibility index (Phi) is 70.8. The maximum absolute atomic E-state index is 4.64. The molecule has 0 aliphatic rings. The predicted octanol–water partition coefficient (Wildman–Crippen LogP) is -4.60. The van der Waals surface area contributed by atoms with E-state index >= 15 is 0 Å². The zero-order chi connectivity index (χ0) is 2.00. The number of hydrogen-bond donors (Lipinski definition) is 0. The van der Waals surface area contributed by atoms with Crippen LogP contribution in [0, 0.1) is 0 Å².